The van der Waals surface area contributed by atoms with Crippen LogP contribution in [0.3, 0.4) is 0 Å². The number of nitrogens with zero attached hydrogens (tertiary/aromatic N) is 2. The van der Waals surface area contributed by atoms with Crippen molar-refractivity contribution in [2.75, 3.05) is 13.1 Å². The number of fused-ring (bicyclic) bond motifs is 1. The lowest BCUT2D eigenvalue weighted by atomic mass is 9.87. The zero-order valence-corrected chi connectivity index (χ0v) is 20.2. The van der Waals surface area contributed by atoms with E-state index in [0.717, 1.165) is 17.5 Å². The highest BCUT2D eigenvalue weighted by Gasteiger charge is 2.33. The highest BCUT2D eigenvalue weighted by atomic mass is 19.1. The van der Waals surface area contributed by atoms with Crippen LogP contribution in [-0.2, 0) is 17.8 Å². The summed E-state index contributed by atoms with van der Waals surface area (Å²) in [5.41, 5.74) is 2.91. The Hall–Kier alpha value is -3.68. The SMILES string of the molecule is CCCNC(=O)c1coc(COc2ccc3c(c2)[C@H](c2cccc(F)c2)N(C(=O)C(C)C)CC3)n1. The molecule has 3 aromatic rings. The fourth-order valence-corrected chi connectivity index (χ4v) is 4.24. The first-order valence-electron chi connectivity index (χ1n) is 11.9. The molecule has 0 spiro atoms. The number of hydrogen-bond donors (Lipinski definition) is 1. The number of aromatic nitrogens is 1. The first-order chi connectivity index (χ1) is 16.9. The molecule has 184 valence electrons. The van der Waals surface area contributed by atoms with Gasteiger partial charge in [0, 0.05) is 19.0 Å². The summed E-state index contributed by atoms with van der Waals surface area (Å²) >= 11 is 0. The average molecular weight is 480 g/mol. The van der Waals surface area contributed by atoms with E-state index in [1.807, 2.05) is 49.9 Å². The summed E-state index contributed by atoms with van der Waals surface area (Å²) < 4.78 is 25.4. The Morgan fingerprint density at radius 3 is 2.83 bits per heavy atom. The maximum absolute atomic E-state index is 14.1. The molecule has 0 bridgehead atoms. The second-order valence-corrected chi connectivity index (χ2v) is 8.93. The maximum atomic E-state index is 14.1. The summed E-state index contributed by atoms with van der Waals surface area (Å²) in [7, 11) is 0. The second-order valence-electron chi connectivity index (χ2n) is 8.93. The summed E-state index contributed by atoms with van der Waals surface area (Å²) in [5, 5.41) is 2.75. The average Bonchev–Trinajstić information content (AvgIpc) is 3.34. The zero-order valence-electron chi connectivity index (χ0n) is 20.2. The normalized spacial score (nSPS) is 15.1. The molecule has 1 aliphatic rings. The Bertz CT molecular complexity index is 1210. The first kappa shape index (κ1) is 24.4. The van der Waals surface area contributed by atoms with Gasteiger partial charge < -0.3 is 19.4 Å². The second kappa shape index (κ2) is 10.7. The zero-order chi connectivity index (χ0) is 24.9. The third-order valence-electron chi connectivity index (χ3n) is 5.97. The maximum Gasteiger partial charge on any atom is 0.273 e. The van der Waals surface area contributed by atoms with Crippen molar-refractivity contribution < 1.29 is 23.1 Å². The number of rotatable bonds is 8. The molecule has 0 radical (unpaired) electrons. The van der Waals surface area contributed by atoms with Crippen LogP contribution >= 0.6 is 0 Å². The molecule has 0 saturated heterocycles. The molecule has 0 unspecified atom stereocenters. The number of benzene rings is 2. The van der Waals surface area contributed by atoms with E-state index in [-0.39, 0.29) is 41.7 Å². The van der Waals surface area contributed by atoms with Gasteiger partial charge in [-0.2, -0.15) is 0 Å². The van der Waals surface area contributed by atoms with Crippen molar-refractivity contribution in [1.29, 1.82) is 0 Å². The minimum Gasteiger partial charge on any atom is -0.484 e. The van der Waals surface area contributed by atoms with Crippen molar-refractivity contribution in [3.8, 4) is 5.75 Å². The Labute approximate surface area is 204 Å². The van der Waals surface area contributed by atoms with Gasteiger partial charge in [0.05, 0.1) is 6.04 Å². The van der Waals surface area contributed by atoms with Crippen molar-refractivity contribution in [3.63, 3.8) is 0 Å². The van der Waals surface area contributed by atoms with Gasteiger partial charge in [-0.05, 0) is 53.8 Å². The number of carbonyl (C=O) groups is 2. The van der Waals surface area contributed by atoms with E-state index < -0.39 is 6.04 Å². The Morgan fingerprint density at radius 2 is 2.09 bits per heavy atom. The predicted octanol–water partition coefficient (Wildman–Crippen LogP) is 4.66. The van der Waals surface area contributed by atoms with Gasteiger partial charge in [0.2, 0.25) is 11.8 Å². The molecule has 1 N–H and O–H groups in total. The number of nitrogens with one attached hydrogen (secondary N) is 1. The van der Waals surface area contributed by atoms with Gasteiger partial charge in [-0.1, -0.05) is 39.0 Å². The van der Waals surface area contributed by atoms with Crippen molar-refractivity contribution in [3.05, 3.63) is 82.8 Å². The standard InChI is InChI=1S/C27H30FN3O4/c1-4-11-29-26(32)23-15-35-24(30-23)16-34-21-9-8-18-10-12-31(27(33)17(2)3)25(22(18)14-21)19-6-5-7-20(28)13-19/h5-9,13-15,17,25H,4,10-12,16H2,1-3H3,(H,29,32)/t25-/m0/s1. The van der Waals surface area contributed by atoms with Gasteiger partial charge in [0.15, 0.2) is 12.3 Å². The van der Waals surface area contributed by atoms with Gasteiger partial charge in [0.25, 0.3) is 5.91 Å². The quantitative estimate of drug-likeness (QED) is 0.508. The molecule has 4 rings (SSSR count). The number of carbonyl (C=O) groups excluding carboxylic acids is 2. The number of hydrogen-bond acceptors (Lipinski definition) is 5. The van der Waals surface area contributed by atoms with Crippen LogP contribution in [0.4, 0.5) is 4.39 Å². The lowest BCUT2D eigenvalue weighted by molar-refractivity contribution is -0.136. The Kier molecular flexibility index (Phi) is 7.48. The van der Waals surface area contributed by atoms with Gasteiger partial charge in [0.1, 0.15) is 17.8 Å². The van der Waals surface area contributed by atoms with E-state index in [1.165, 1.54) is 18.4 Å². The number of oxazole rings is 1. The molecule has 35 heavy (non-hydrogen) atoms. The number of ether oxygens (including phenoxy) is 1. The van der Waals surface area contributed by atoms with E-state index in [0.29, 0.717) is 30.8 Å². The molecule has 0 saturated carbocycles. The van der Waals surface area contributed by atoms with Crippen LogP contribution in [0.25, 0.3) is 0 Å². The summed E-state index contributed by atoms with van der Waals surface area (Å²) in [5.74, 6) is 0.0534. The molecule has 0 aliphatic carbocycles. The predicted molar refractivity (Wildman–Crippen MR) is 128 cm³/mol. The molecule has 0 fully saturated rings. The molecule has 2 aromatic carbocycles. The molecule has 1 aromatic heterocycles. The number of halogens is 1. The largest absolute Gasteiger partial charge is 0.484 e. The van der Waals surface area contributed by atoms with Crippen LogP contribution in [-0.4, -0.2) is 34.8 Å². The van der Waals surface area contributed by atoms with Crippen LogP contribution in [0.1, 0.15) is 66.3 Å². The molecule has 8 heteroatoms. The fraction of sp³-hybridized carbons (Fsp3) is 0.370. The van der Waals surface area contributed by atoms with E-state index >= 15 is 0 Å². The van der Waals surface area contributed by atoms with Crippen molar-refractivity contribution in [1.82, 2.24) is 15.2 Å². The summed E-state index contributed by atoms with van der Waals surface area (Å²) in [6.45, 7) is 6.87. The third-order valence-corrected chi connectivity index (χ3v) is 5.97. The lowest BCUT2D eigenvalue weighted by Gasteiger charge is -2.39. The van der Waals surface area contributed by atoms with Crippen LogP contribution in [0.5, 0.6) is 5.75 Å². The molecular weight excluding hydrogens is 449 g/mol. The van der Waals surface area contributed by atoms with Gasteiger partial charge in [-0.15, -0.1) is 0 Å². The molecule has 1 atom stereocenters. The fourth-order valence-electron chi connectivity index (χ4n) is 4.24. The lowest BCUT2D eigenvalue weighted by Crippen LogP contribution is -2.42. The highest BCUT2D eigenvalue weighted by molar-refractivity contribution is 5.91. The van der Waals surface area contributed by atoms with E-state index in [1.54, 1.807) is 6.07 Å². The van der Waals surface area contributed by atoms with Crippen LogP contribution in [0, 0.1) is 11.7 Å². The Balaban J connectivity index is 1.58. The summed E-state index contributed by atoms with van der Waals surface area (Å²) in [4.78, 5) is 31.1. The minimum atomic E-state index is -0.413. The van der Waals surface area contributed by atoms with E-state index in [9.17, 15) is 14.0 Å². The highest BCUT2D eigenvalue weighted by Crippen LogP contribution is 2.38. The third kappa shape index (κ3) is 5.53. The molecular formula is C27H30FN3O4. The molecule has 7 nitrogen and oxygen atoms in total. The molecule has 2 heterocycles. The molecule has 1 aliphatic heterocycles. The van der Waals surface area contributed by atoms with E-state index in [4.69, 9.17) is 9.15 Å². The van der Waals surface area contributed by atoms with E-state index in [2.05, 4.69) is 10.3 Å². The van der Waals surface area contributed by atoms with Crippen molar-refractivity contribution >= 4 is 11.8 Å². The van der Waals surface area contributed by atoms with Crippen LogP contribution in [0.15, 0.2) is 53.1 Å². The van der Waals surface area contributed by atoms with Gasteiger partial charge in [-0.3, -0.25) is 9.59 Å². The first-order valence-corrected chi connectivity index (χ1v) is 11.9. The van der Waals surface area contributed by atoms with Gasteiger partial charge in [-0.25, -0.2) is 9.37 Å². The van der Waals surface area contributed by atoms with Crippen molar-refractivity contribution in [2.45, 2.75) is 46.3 Å². The smallest absolute Gasteiger partial charge is 0.273 e. The van der Waals surface area contributed by atoms with Crippen molar-refractivity contribution in [2.24, 2.45) is 5.92 Å². The van der Waals surface area contributed by atoms with Gasteiger partial charge >= 0.3 is 0 Å². The monoisotopic (exact) mass is 479 g/mol. The summed E-state index contributed by atoms with van der Waals surface area (Å²) in [6, 6.07) is 11.7. The summed E-state index contributed by atoms with van der Waals surface area (Å²) in [6.07, 6.45) is 2.84. The molecule has 2 amide bonds. The minimum absolute atomic E-state index is 0.0184. The van der Waals surface area contributed by atoms with Crippen LogP contribution in [0.2, 0.25) is 0 Å². The number of amides is 2. The topological polar surface area (TPSA) is 84.7 Å². The van der Waals surface area contributed by atoms with Crippen LogP contribution < -0.4 is 10.1 Å². The Morgan fingerprint density at radius 1 is 1.26 bits per heavy atom.